The van der Waals surface area contributed by atoms with Crippen LogP contribution in [0.5, 0.6) is 5.75 Å². The Balaban J connectivity index is 1.91. The molecule has 2 aromatic rings. The molecule has 8 heteroatoms. The summed E-state index contributed by atoms with van der Waals surface area (Å²) in [6.07, 6.45) is 4.02. The fraction of sp³-hybridized carbons (Fsp3) is 0.450. The topological polar surface area (TPSA) is 84.7 Å². The molecule has 0 saturated heterocycles. The number of aromatic nitrogens is 1. The highest BCUT2D eigenvalue weighted by Crippen LogP contribution is 2.15. The first-order chi connectivity index (χ1) is 13.5. The molecule has 0 bridgehead atoms. The number of aryl methyl sites for hydroxylation is 1. The number of halogens is 1. The maximum Gasteiger partial charge on any atom is 0.260 e. The summed E-state index contributed by atoms with van der Waals surface area (Å²) < 4.78 is 10.5. The zero-order valence-electron chi connectivity index (χ0n) is 16.2. The molecule has 28 heavy (non-hydrogen) atoms. The molecule has 1 N–H and O–H groups in total. The zero-order valence-corrected chi connectivity index (χ0v) is 17.0. The minimum Gasteiger partial charge on any atom is -0.484 e. The molecule has 0 atom stereocenters. The van der Waals surface area contributed by atoms with Crippen LogP contribution in [0.15, 0.2) is 34.9 Å². The molecular weight excluding hydrogens is 382 g/mol. The number of rotatable bonds is 11. The lowest BCUT2D eigenvalue weighted by Gasteiger charge is -2.22. The van der Waals surface area contributed by atoms with E-state index >= 15 is 0 Å². The third-order valence-electron chi connectivity index (χ3n) is 4.04. The number of unbranched alkanes of at least 4 members (excludes halogenated alkanes) is 3. The average Bonchev–Trinajstić information content (AvgIpc) is 3.08. The molecule has 1 heterocycles. The summed E-state index contributed by atoms with van der Waals surface area (Å²) in [6.45, 7) is 4.14. The molecule has 0 spiro atoms. The Bertz CT molecular complexity index is 761. The molecule has 2 rings (SSSR count). The third-order valence-corrected chi connectivity index (χ3v) is 4.29. The zero-order chi connectivity index (χ0) is 20.4. The summed E-state index contributed by atoms with van der Waals surface area (Å²) in [4.78, 5) is 26.4. The number of nitrogens with one attached hydrogen (secondary N) is 1. The van der Waals surface area contributed by atoms with Crippen molar-refractivity contribution in [2.45, 2.75) is 39.5 Å². The SMILES string of the molecule is CCCCCCN(CC(=O)Nc1cc(C)on1)C(=O)COc1ccc(Cl)cc1. The quantitative estimate of drug-likeness (QED) is 0.567. The number of carbonyl (C=O) groups excluding carboxylic acids is 2. The standard InChI is InChI=1S/C20H26ClN3O4/c1-3-4-5-6-11-24(13-19(25)22-18-12-15(2)28-23-18)20(26)14-27-17-9-7-16(21)8-10-17/h7-10,12H,3-6,11,13-14H2,1-2H3,(H,22,23,25). The predicted octanol–water partition coefficient (Wildman–Crippen LogP) is 4.06. The van der Waals surface area contributed by atoms with E-state index in [-0.39, 0.29) is 25.0 Å². The summed E-state index contributed by atoms with van der Waals surface area (Å²) in [5, 5.41) is 6.96. The highest BCUT2D eigenvalue weighted by atomic mass is 35.5. The number of nitrogens with zero attached hydrogens (tertiary/aromatic N) is 2. The van der Waals surface area contributed by atoms with Gasteiger partial charge in [-0.3, -0.25) is 9.59 Å². The van der Waals surface area contributed by atoms with E-state index < -0.39 is 0 Å². The molecule has 1 aromatic carbocycles. The maximum absolute atomic E-state index is 12.6. The Morgan fingerprint density at radius 2 is 1.96 bits per heavy atom. The van der Waals surface area contributed by atoms with Crippen LogP contribution in [0.1, 0.15) is 38.4 Å². The van der Waals surface area contributed by atoms with Crippen LogP contribution in [0.4, 0.5) is 5.82 Å². The minimum atomic E-state index is -0.330. The molecule has 0 aliphatic rings. The van der Waals surface area contributed by atoms with Gasteiger partial charge in [0.15, 0.2) is 12.4 Å². The van der Waals surface area contributed by atoms with E-state index in [0.717, 1.165) is 25.7 Å². The van der Waals surface area contributed by atoms with Gasteiger partial charge in [0.2, 0.25) is 5.91 Å². The van der Waals surface area contributed by atoms with Gasteiger partial charge in [-0.25, -0.2) is 0 Å². The maximum atomic E-state index is 12.6. The van der Waals surface area contributed by atoms with Crippen molar-refractivity contribution >= 4 is 29.2 Å². The predicted molar refractivity (Wildman–Crippen MR) is 108 cm³/mol. The normalized spacial score (nSPS) is 10.5. The van der Waals surface area contributed by atoms with Crippen LogP contribution in [0.2, 0.25) is 5.02 Å². The lowest BCUT2D eigenvalue weighted by atomic mass is 10.2. The number of hydrogen-bond donors (Lipinski definition) is 1. The molecule has 1 aromatic heterocycles. The van der Waals surface area contributed by atoms with Gasteiger partial charge >= 0.3 is 0 Å². The Labute approximate surface area is 170 Å². The van der Waals surface area contributed by atoms with Crippen LogP contribution in [0, 0.1) is 6.92 Å². The van der Waals surface area contributed by atoms with E-state index in [1.807, 2.05) is 0 Å². The summed E-state index contributed by atoms with van der Waals surface area (Å²) >= 11 is 5.85. The van der Waals surface area contributed by atoms with Crippen molar-refractivity contribution in [1.82, 2.24) is 10.1 Å². The van der Waals surface area contributed by atoms with Gasteiger partial charge in [0.1, 0.15) is 18.1 Å². The molecule has 0 aliphatic carbocycles. The molecular formula is C20H26ClN3O4. The molecule has 152 valence electrons. The third kappa shape index (κ3) is 7.60. The van der Waals surface area contributed by atoms with E-state index in [1.165, 1.54) is 4.90 Å². The highest BCUT2D eigenvalue weighted by Gasteiger charge is 2.18. The van der Waals surface area contributed by atoms with Crippen molar-refractivity contribution in [2.75, 3.05) is 25.0 Å². The van der Waals surface area contributed by atoms with Crippen molar-refractivity contribution in [2.24, 2.45) is 0 Å². The Hall–Kier alpha value is -2.54. The van der Waals surface area contributed by atoms with Gasteiger partial charge in [0, 0.05) is 17.6 Å². The molecule has 0 radical (unpaired) electrons. The monoisotopic (exact) mass is 407 g/mol. The van der Waals surface area contributed by atoms with Crippen molar-refractivity contribution in [3.8, 4) is 5.75 Å². The molecule has 0 unspecified atom stereocenters. The van der Waals surface area contributed by atoms with Gasteiger partial charge in [0.05, 0.1) is 0 Å². The summed E-state index contributed by atoms with van der Waals surface area (Å²) in [7, 11) is 0. The van der Waals surface area contributed by atoms with Gasteiger partial charge in [-0.15, -0.1) is 0 Å². The molecule has 7 nitrogen and oxygen atoms in total. The lowest BCUT2D eigenvalue weighted by molar-refractivity contribution is -0.136. The second-order valence-electron chi connectivity index (χ2n) is 6.49. The van der Waals surface area contributed by atoms with E-state index in [4.69, 9.17) is 20.9 Å². The summed E-state index contributed by atoms with van der Waals surface area (Å²) in [5.74, 6) is 0.894. The number of anilines is 1. The molecule has 2 amide bonds. The first-order valence-corrected chi connectivity index (χ1v) is 9.75. The van der Waals surface area contributed by atoms with Crippen LogP contribution < -0.4 is 10.1 Å². The van der Waals surface area contributed by atoms with Crippen LogP contribution in [-0.2, 0) is 9.59 Å². The van der Waals surface area contributed by atoms with E-state index in [2.05, 4.69) is 17.4 Å². The minimum absolute atomic E-state index is 0.0686. The van der Waals surface area contributed by atoms with E-state index in [9.17, 15) is 9.59 Å². The van der Waals surface area contributed by atoms with Crippen molar-refractivity contribution in [3.63, 3.8) is 0 Å². The number of carbonyl (C=O) groups is 2. The molecule has 0 aliphatic heterocycles. The summed E-state index contributed by atoms with van der Waals surface area (Å²) in [6, 6.07) is 8.39. The van der Waals surface area contributed by atoms with Gasteiger partial charge < -0.3 is 19.5 Å². The smallest absolute Gasteiger partial charge is 0.260 e. The Morgan fingerprint density at radius 3 is 2.61 bits per heavy atom. The first kappa shape index (κ1) is 21.8. The van der Waals surface area contributed by atoms with Crippen molar-refractivity contribution < 1.29 is 18.8 Å². The number of amides is 2. The van der Waals surface area contributed by atoms with Crippen LogP contribution in [0.3, 0.4) is 0 Å². The van der Waals surface area contributed by atoms with Gasteiger partial charge in [0.25, 0.3) is 5.91 Å². The largest absolute Gasteiger partial charge is 0.484 e. The average molecular weight is 408 g/mol. The Kier molecular flexibility index (Phi) is 8.81. The fourth-order valence-corrected chi connectivity index (χ4v) is 2.70. The number of ether oxygens (including phenoxy) is 1. The highest BCUT2D eigenvalue weighted by molar-refractivity contribution is 6.30. The van der Waals surface area contributed by atoms with E-state index in [1.54, 1.807) is 37.3 Å². The van der Waals surface area contributed by atoms with Crippen LogP contribution in [0.25, 0.3) is 0 Å². The van der Waals surface area contributed by atoms with Crippen LogP contribution >= 0.6 is 11.6 Å². The Morgan fingerprint density at radius 1 is 1.21 bits per heavy atom. The van der Waals surface area contributed by atoms with Gasteiger partial charge in [-0.1, -0.05) is 42.9 Å². The van der Waals surface area contributed by atoms with Gasteiger partial charge in [-0.2, -0.15) is 0 Å². The fourth-order valence-electron chi connectivity index (χ4n) is 2.57. The van der Waals surface area contributed by atoms with Gasteiger partial charge in [-0.05, 0) is 37.6 Å². The van der Waals surface area contributed by atoms with Crippen LogP contribution in [-0.4, -0.2) is 41.6 Å². The van der Waals surface area contributed by atoms with Crippen molar-refractivity contribution in [3.05, 3.63) is 41.1 Å². The lowest BCUT2D eigenvalue weighted by Crippen LogP contribution is -2.41. The number of benzene rings is 1. The molecule has 0 saturated carbocycles. The molecule has 0 fully saturated rings. The first-order valence-electron chi connectivity index (χ1n) is 9.37. The second kappa shape index (κ2) is 11.3. The van der Waals surface area contributed by atoms with E-state index in [0.29, 0.717) is 28.9 Å². The number of hydrogen-bond acceptors (Lipinski definition) is 5. The van der Waals surface area contributed by atoms with Crippen molar-refractivity contribution in [1.29, 1.82) is 0 Å². The second-order valence-corrected chi connectivity index (χ2v) is 6.93. The summed E-state index contributed by atoms with van der Waals surface area (Å²) in [5.41, 5.74) is 0.